The highest BCUT2D eigenvalue weighted by Crippen LogP contribution is 2.26. The van der Waals surface area contributed by atoms with E-state index in [4.69, 9.17) is 4.74 Å². The Morgan fingerprint density at radius 3 is 2.45 bits per heavy atom. The van der Waals surface area contributed by atoms with Crippen molar-refractivity contribution in [1.82, 2.24) is 14.9 Å². The molecule has 0 aliphatic carbocycles. The van der Waals surface area contributed by atoms with E-state index < -0.39 is 39.8 Å². The second-order valence-electron chi connectivity index (χ2n) is 9.07. The van der Waals surface area contributed by atoms with Crippen LogP contribution >= 0.6 is 0 Å². The molecule has 0 unspecified atom stereocenters. The van der Waals surface area contributed by atoms with Crippen LogP contribution in [0.15, 0.2) is 53.4 Å². The average molecular weight is 550 g/mol. The minimum atomic E-state index is -3.90. The second-order valence-corrected chi connectivity index (χ2v) is 11.0. The summed E-state index contributed by atoms with van der Waals surface area (Å²) >= 11 is 0. The topological polar surface area (TPSA) is 142 Å². The molecule has 1 aliphatic heterocycles. The van der Waals surface area contributed by atoms with Gasteiger partial charge in [-0.15, -0.1) is 0 Å². The van der Waals surface area contributed by atoms with Crippen LogP contribution < -0.4 is 15.4 Å². The van der Waals surface area contributed by atoms with E-state index in [2.05, 4.69) is 10.6 Å². The van der Waals surface area contributed by atoms with E-state index in [-0.39, 0.29) is 36.9 Å². The molecule has 1 saturated heterocycles. The van der Waals surface area contributed by atoms with Crippen LogP contribution in [0.5, 0.6) is 5.75 Å². The minimum absolute atomic E-state index is 0.0858. The summed E-state index contributed by atoms with van der Waals surface area (Å²) in [6, 6.07) is 9.43. The Hall–Kier alpha value is -3.51. The maximum Gasteiger partial charge on any atom is 0.326 e. The third-order valence-corrected chi connectivity index (χ3v) is 8.10. The van der Waals surface area contributed by atoms with Gasteiger partial charge < -0.3 is 20.5 Å². The number of hydrogen-bond donors (Lipinski definition) is 3. The van der Waals surface area contributed by atoms with Crippen molar-refractivity contribution in [1.29, 1.82) is 0 Å². The van der Waals surface area contributed by atoms with Crippen LogP contribution in [0.25, 0.3) is 0 Å². The Labute approximate surface area is 221 Å². The van der Waals surface area contributed by atoms with Gasteiger partial charge in [0.2, 0.25) is 15.9 Å². The van der Waals surface area contributed by atoms with Crippen molar-refractivity contribution in [2.24, 2.45) is 0 Å². The summed E-state index contributed by atoms with van der Waals surface area (Å²) in [7, 11) is -3.90. The highest BCUT2D eigenvalue weighted by Gasteiger charge is 2.40. The molecule has 0 saturated carbocycles. The Balaban J connectivity index is 1.44. The largest absolute Gasteiger partial charge is 0.484 e. The number of rotatable bonds is 13. The molecule has 0 spiro atoms. The number of sulfonamides is 1. The SMILES string of the molecule is Cc1ccc(S(=O)(=O)N2CCC[C@H]2C(=O)N[C@@H](CCCCNC(=O)COc2ccc(F)cc2)C(=O)O)cc1. The van der Waals surface area contributed by atoms with Gasteiger partial charge in [-0.3, -0.25) is 9.59 Å². The molecule has 1 heterocycles. The number of carbonyl (C=O) groups is 3. The van der Waals surface area contributed by atoms with Crippen LogP contribution in [-0.4, -0.2) is 67.4 Å². The minimum Gasteiger partial charge on any atom is -0.484 e. The molecule has 3 rings (SSSR count). The molecule has 38 heavy (non-hydrogen) atoms. The van der Waals surface area contributed by atoms with Crippen LogP contribution in [-0.2, 0) is 24.4 Å². The fourth-order valence-corrected chi connectivity index (χ4v) is 5.75. The lowest BCUT2D eigenvalue weighted by atomic mass is 10.1. The Morgan fingerprint density at radius 2 is 1.79 bits per heavy atom. The predicted octanol–water partition coefficient (Wildman–Crippen LogP) is 2.22. The number of halogens is 1. The van der Waals surface area contributed by atoms with E-state index >= 15 is 0 Å². The number of carboxylic acid groups (broad SMARTS) is 1. The molecular weight excluding hydrogens is 517 g/mol. The number of nitrogens with one attached hydrogen (secondary N) is 2. The van der Waals surface area contributed by atoms with E-state index in [9.17, 15) is 32.3 Å². The molecular formula is C26H32FN3O7S. The lowest BCUT2D eigenvalue weighted by Gasteiger charge is -2.25. The van der Waals surface area contributed by atoms with Crippen LogP contribution in [0.2, 0.25) is 0 Å². The first-order valence-electron chi connectivity index (χ1n) is 12.3. The molecule has 10 nitrogen and oxygen atoms in total. The number of unbranched alkanes of at least 4 members (excludes halogenated alkanes) is 1. The number of carboxylic acids is 1. The molecule has 2 aromatic rings. The van der Waals surface area contributed by atoms with Gasteiger partial charge in [0.05, 0.1) is 4.90 Å². The molecule has 2 amide bonds. The van der Waals surface area contributed by atoms with Crippen LogP contribution in [0, 0.1) is 12.7 Å². The van der Waals surface area contributed by atoms with Gasteiger partial charge in [0.1, 0.15) is 23.7 Å². The number of carbonyl (C=O) groups excluding carboxylic acids is 2. The normalized spacial score (nSPS) is 16.5. The van der Waals surface area contributed by atoms with Gasteiger partial charge in [-0.2, -0.15) is 4.31 Å². The summed E-state index contributed by atoms with van der Waals surface area (Å²) in [4.78, 5) is 36.6. The van der Waals surface area contributed by atoms with Crippen molar-refractivity contribution in [2.75, 3.05) is 19.7 Å². The number of amides is 2. The number of aryl methyl sites for hydroxylation is 1. The molecule has 1 fully saturated rings. The number of ether oxygens (including phenoxy) is 1. The summed E-state index contributed by atoms with van der Waals surface area (Å²) in [6.45, 7) is 2.05. The van der Waals surface area contributed by atoms with Crippen molar-refractivity contribution in [3.8, 4) is 5.75 Å². The summed E-state index contributed by atoms with van der Waals surface area (Å²) < 4.78 is 45.5. The van der Waals surface area contributed by atoms with E-state index in [1.54, 1.807) is 12.1 Å². The molecule has 3 N–H and O–H groups in total. The van der Waals surface area contributed by atoms with Gasteiger partial charge >= 0.3 is 5.97 Å². The molecule has 1 aliphatic rings. The average Bonchev–Trinajstić information content (AvgIpc) is 3.39. The fourth-order valence-electron chi connectivity index (χ4n) is 4.09. The van der Waals surface area contributed by atoms with Gasteiger partial charge in [0, 0.05) is 13.1 Å². The maximum absolute atomic E-state index is 13.1. The van der Waals surface area contributed by atoms with Gasteiger partial charge in [-0.25, -0.2) is 17.6 Å². The monoisotopic (exact) mass is 549 g/mol. The van der Waals surface area contributed by atoms with E-state index in [0.29, 0.717) is 31.4 Å². The molecule has 0 bridgehead atoms. The molecule has 0 aromatic heterocycles. The van der Waals surface area contributed by atoms with Gasteiger partial charge in [-0.05, 0) is 75.4 Å². The Kier molecular flexibility index (Phi) is 10.2. The van der Waals surface area contributed by atoms with Gasteiger partial charge in [-0.1, -0.05) is 17.7 Å². The first-order valence-corrected chi connectivity index (χ1v) is 13.8. The zero-order valence-corrected chi connectivity index (χ0v) is 21.9. The Morgan fingerprint density at radius 1 is 1.11 bits per heavy atom. The lowest BCUT2D eigenvalue weighted by Crippen LogP contribution is -2.50. The summed E-state index contributed by atoms with van der Waals surface area (Å²) in [6.07, 6.45) is 1.76. The van der Waals surface area contributed by atoms with Crippen molar-refractivity contribution in [2.45, 2.75) is 56.0 Å². The third kappa shape index (κ3) is 7.99. The van der Waals surface area contributed by atoms with Crippen LogP contribution in [0.4, 0.5) is 4.39 Å². The lowest BCUT2D eigenvalue weighted by molar-refractivity contribution is -0.142. The molecule has 2 aromatic carbocycles. The zero-order chi connectivity index (χ0) is 27.7. The fraction of sp³-hybridized carbons (Fsp3) is 0.423. The predicted molar refractivity (Wildman–Crippen MR) is 136 cm³/mol. The zero-order valence-electron chi connectivity index (χ0n) is 21.1. The number of hydrogen-bond acceptors (Lipinski definition) is 6. The number of nitrogens with zero attached hydrogens (tertiary/aromatic N) is 1. The standard InChI is InChI=1S/C26H32FN3O7S/c1-18-7-13-21(14-8-18)38(35,36)30-16-4-6-23(30)25(32)29-22(26(33)34)5-2-3-15-28-24(31)17-37-20-11-9-19(27)10-12-20/h7-14,22-23H,2-6,15-17H2,1H3,(H,28,31)(H,29,32)(H,33,34)/t22-,23-/m0/s1. The van der Waals surface area contributed by atoms with E-state index in [0.717, 1.165) is 9.87 Å². The number of aliphatic carboxylic acids is 1. The summed E-state index contributed by atoms with van der Waals surface area (Å²) in [5, 5.41) is 14.7. The second kappa shape index (κ2) is 13.3. The first-order chi connectivity index (χ1) is 18.1. The highest BCUT2D eigenvalue weighted by atomic mass is 32.2. The third-order valence-electron chi connectivity index (χ3n) is 6.17. The van der Waals surface area contributed by atoms with Crippen LogP contribution in [0.1, 0.15) is 37.7 Å². The highest BCUT2D eigenvalue weighted by molar-refractivity contribution is 7.89. The summed E-state index contributed by atoms with van der Waals surface area (Å²) in [5.74, 6) is -2.30. The van der Waals surface area contributed by atoms with Crippen molar-refractivity contribution >= 4 is 27.8 Å². The van der Waals surface area contributed by atoms with Crippen molar-refractivity contribution in [3.05, 3.63) is 59.9 Å². The molecule has 12 heteroatoms. The van der Waals surface area contributed by atoms with Crippen molar-refractivity contribution in [3.63, 3.8) is 0 Å². The van der Waals surface area contributed by atoms with Gasteiger partial charge in [0.25, 0.3) is 5.91 Å². The van der Waals surface area contributed by atoms with Crippen molar-refractivity contribution < 1.29 is 37.0 Å². The maximum atomic E-state index is 13.1. The van der Waals surface area contributed by atoms with E-state index in [1.807, 2.05) is 6.92 Å². The van der Waals surface area contributed by atoms with Crippen LogP contribution in [0.3, 0.4) is 0 Å². The smallest absolute Gasteiger partial charge is 0.326 e. The molecule has 0 radical (unpaired) electrons. The number of benzene rings is 2. The quantitative estimate of drug-likeness (QED) is 0.325. The van der Waals surface area contributed by atoms with E-state index in [1.165, 1.54) is 36.4 Å². The Bertz CT molecular complexity index is 1220. The summed E-state index contributed by atoms with van der Waals surface area (Å²) in [5.41, 5.74) is 0.905. The van der Waals surface area contributed by atoms with Gasteiger partial charge in [0.15, 0.2) is 6.61 Å². The first kappa shape index (κ1) is 29.1. The molecule has 206 valence electrons. The molecule has 2 atom stereocenters.